The first-order chi connectivity index (χ1) is 6.70. The predicted molar refractivity (Wildman–Crippen MR) is 64.0 cm³/mol. The van der Waals surface area contributed by atoms with E-state index in [0.717, 1.165) is 31.6 Å². The Hall–Kier alpha value is -1.02. The van der Waals surface area contributed by atoms with Gasteiger partial charge in [-0.2, -0.15) is 0 Å². The first-order valence-electron chi connectivity index (χ1n) is 5.11. The first kappa shape index (κ1) is 13.0. The van der Waals surface area contributed by atoms with Gasteiger partial charge in [0.15, 0.2) is 0 Å². The van der Waals surface area contributed by atoms with Crippen LogP contribution in [0.2, 0.25) is 0 Å². The van der Waals surface area contributed by atoms with Crippen LogP contribution in [-0.2, 0) is 0 Å². The minimum atomic E-state index is 0.730. The molecule has 2 nitrogen and oxygen atoms in total. The van der Waals surface area contributed by atoms with Crippen molar-refractivity contribution in [3.8, 4) is 0 Å². The summed E-state index contributed by atoms with van der Waals surface area (Å²) in [6.45, 7) is 9.73. The van der Waals surface area contributed by atoms with E-state index in [1.807, 2.05) is 19.1 Å². The van der Waals surface area contributed by atoms with Crippen LogP contribution >= 0.6 is 0 Å². The monoisotopic (exact) mass is 194 g/mol. The van der Waals surface area contributed by atoms with Gasteiger partial charge in [0.25, 0.3) is 0 Å². The van der Waals surface area contributed by atoms with Crippen molar-refractivity contribution >= 4 is 0 Å². The van der Waals surface area contributed by atoms with Crippen LogP contribution in [0.1, 0.15) is 26.7 Å². The molecular formula is C12H22N2. The van der Waals surface area contributed by atoms with Gasteiger partial charge in [-0.25, -0.2) is 0 Å². The highest BCUT2D eigenvalue weighted by Gasteiger charge is 1.93. The van der Waals surface area contributed by atoms with Gasteiger partial charge in [-0.15, -0.1) is 0 Å². The molecule has 0 bridgehead atoms. The highest BCUT2D eigenvalue weighted by Crippen LogP contribution is 2.05. The quantitative estimate of drug-likeness (QED) is 0.482. The molecule has 0 radical (unpaired) electrons. The van der Waals surface area contributed by atoms with Gasteiger partial charge in [-0.05, 0) is 26.8 Å². The van der Waals surface area contributed by atoms with Gasteiger partial charge in [0.05, 0.1) is 0 Å². The lowest BCUT2D eigenvalue weighted by molar-refractivity contribution is 0.719. The van der Waals surface area contributed by atoms with Crippen molar-refractivity contribution in [1.82, 2.24) is 5.32 Å². The molecule has 0 amide bonds. The number of hydrogen-bond acceptors (Lipinski definition) is 2. The van der Waals surface area contributed by atoms with Crippen molar-refractivity contribution < 1.29 is 0 Å². The minimum Gasteiger partial charge on any atom is -0.389 e. The second-order valence-electron chi connectivity index (χ2n) is 3.39. The maximum absolute atomic E-state index is 5.39. The molecule has 3 N–H and O–H groups in total. The third-order valence-electron chi connectivity index (χ3n) is 1.82. The summed E-state index contributed by atoms with van der Waals surface area (Å²) < 4.78 is 0. The number of nitrogens with two attached hydrogens (primary N) is 1. The molecule has 0 aromatic carbocycles. The smallest absolute Gasteiger partial charge is 0.0155 e. The fraction of sp³-hybridized carbons (Fsp3) is 0.500. The van der Waals surface area contributed by atoms with Crippen LogP contribution in [-0.4, -0.2) is 13.1 Å². The lowest BCUT2D eigenvalue weighted by Gasteiger charge is -2.08. The Balaban J connectivity index is 3.71. The van der Waals surface area contributed by atoms with Crippen molar-refractivity contribution in [1.29, 1.82) is 0 Å². The lowest BCUT2D eigenvalue weighted by Crippen LogP contribution is -2.17. The van der Waals surface area contributed by atoms with Crippen molar-refractivity contribution in [2.24, 2.45) is 5.73 Å². The number of hydrogen-bond donors (Lipinski definition) is 2. The van der Waals surface area contributed by atoms with Crippen molar-refractivity contribution in [3.63, 3.8) is 0 Å². The van der Waals surface area contributed by atoms with Crippen LogP contribution in [0, 0.1) is 0 Å². The van der Waals surface area contributed by atoms with Gasteiger partial charge < -0.3 is 11.1 Å². The van der Waals surface area contributed by atoms with Gasteiger partial charge in [0.2, 0.25) is 0 Å². The highest BCUT2D eigenvalue weighted by atomic mass is 14.9. The molecule has 0 aromatic rings. The van der Waals surface area contributed by atoms with E-state index >= 15 is 0 Å². The van der Waals surface area contributed by atoms with E-state index in [-0.39, 0.29) is 0 Å². The van der Waals surface area contributed by atoms with Crippen LogP contribution in [0.15, 0.2) is 36.1 Å². The molecule has 0 aliphatic heterocycles. The molecule has 80 valence electrons. The average Bonchev–Trinajstić information content (AvgIpc) is 2.15. The Kier molecular flexibility index (Phi) is 7.95. The fourth-order valence-corrected chi connectivity index (χ4v) is 1.09. The van der Waals surface area contributed by atoms with E-state index < -0.39 is 0 Å². The summed E-state index contributed by atoms with van der Waals surface area (Å²) in [6, 6.07) is 0. The summed E-state index contributed by atoms with van der Waals surface area (Å²) in [6.07, 6.45) is 8.08. The zero-order chi connectivity index (χ0) is 10.8. The fourth-order valence-electron chi connectivity index (χ4n) is 1.09. The summed E-state index contributed by atoms with van der Waals surface area (Å²) in [5, 5.41) is 3.25. The molecular weight excluding hydrogens is 172 g/mol. The number of allylic oxidation sites excluding steroid dienone is 4. The van der Waals surface area contributed by atoms with E-state index in [2.05, 4.69) is 24.9 Å². The van der Waals surface area contributed by atoms with Gasteiger partial charge in [0.1, 0.15) is 0 Å². The molecule has 0 rings (SSSR count). The van der Waals surface area contributed by atoms with Crippen LogP contribution in [0.25, 0.3) is 0 Å². The summed E-state index contributed by atoms with van der Waals surface area (Å²) in [5.74, 6) is 0. The normalized spacial score (nSPS) is 12.1. The molecule has 0 aliphatic rings. The van der Waals surface area contributed by atoms with Gasteiger partial charge in [-0.3, -0.25) is 0 Å². The van der Waals surface area contributed by atoms with Crippen LogP contribution < -0.4 is 11.1 Å². The van der Waals surface area contributed by atoms with Crippen LogP contribution in [0.3, 0.4) is 0 Å². The topological polar surface area (TPSA) is 38.0 Å². The molecule has 0 saturated carbocycles. The molecule has 2 heteroatoms. The summed E-state index contributed by atoms with van der Waals surface area (Å²) >= 11 is 0. The SMILES string of the molecule is C=C(C/C(C)=C\C=C/C)NCCCN. The molecule has 0 spiro atoms. The first-order valence-corrected chi connectivity index (χ1v) is 5.11. The molecule has 14 heavy (non-hydrogen) atoms. The van der Waals surface area contributed by atoms with E-state index in [0.29, 0.717) is 0 Å². The Bertz CT molecular complexity index is 214. The molecule has 0 fully saturated rings. The van der Waals surface area contributed by atoms with E-state index in [4.69, 9.17) is 5.73 Å². The van der Waals surface area contributed by atoms with Crippen LogP contribution in [0.5, 0.6) is 0 Å². The minimum absolute atomic E-state index is 0.730. The van der Waals surface area contributed by atoms with Crippen molar-refractivity contribution in [2.45, 2.75) is 26.7 Å². The zero-order valence-corrected chi connectivity index (χ0v) is 9.34. The van der Waals surface area contributed by atoms with E-state index in [1.54, 1.807) is 0 Å². The molecule has 0 aliphatic carbocycles. The van der Waals surface area contributed by atoms with E-state index in [9.17, 15) is 0 Å². The largest absolute Gasteiger partial charge is 0.389 e. The molecule has 0 aromatic heterocycles. The Labute approximate surface area is 87.6 Å². The Morgan fingerprint density at radius 1 is 1.50 bits per heavy atom. The molecule has 0 atom stereocenters. The third kappa shape index (κ3) is 7.62. The Morgan fingerprint density at radius 2 is 2.21 bits per heavy atom. The summed E-state index contributed by atoms with van der Waals surface area (Å²) in [4.78, 5) is 0. The second kappa shape index (κ2) is 8.57. The maximum Gasteiger partial charge on any atom is 0.0155 e. The average molecular weight is 194 g/mol. The summed E-state index contributed by atoms with van der Waals surface area (Å²) in [7, 11) is 0. The maximum atomic E-state index is 5.39. The summed E-state index contributed by atoms with van der Waals surface area (Å²) in [5.41, 5.74) is 7.77. The van der Waals surface area contributed by atoms with Crippen LogP contribution in [0.4, 0.5) is 0 Å². The second-order valence-corrected chi connectivity index (χ2v) is 3.39. The number of nitrogens with one attached hydrogen (secondary N) is 1. The Morgan fingerprint density at radius 3 is 2.79 bits per heavy atom. The molecule has 0 heterocycles. The lowest BCUT2D eigenvalue weighted by atomic mass is 10.1. The standard InChI is InChI=1S/C12H22N2/c1-4-5-7-11(2)10-12(3)14-9-6-8-13/h4-5,7,14H,3,6,8-10,13H2,1-2H3/b5-4-,11-7-. The van der Waals surface area contributed by atoms with Gasteiger partial charge in [0, 0.05) is 18.7 Å². The van der Waals surface area contributed by atoms with E-state index in [1.165, 1.54) is 5.57 Å². The third-order valence-corrected chi connectivity index (χ3v) is 1.82. The van der Waals surface area contributed by atoms with Gasteiger partial charge in [-0.1, -0.05) is 30.4 Å². The number of rotatable bonds is 7. The predicted octanol–water partition coefficient (Wildman–Crippen LogP) is 2.35. The molecule has 0 unspecified atom stereocenters. The highest BCUT2D eigenvalue weighted by molar-refractivity contribution is 5.15. The zero-order valence-electron chi connectivity index (χ0n) is 9.34. The molecule has 0 saturated heterocycles. The van der Waals surface area contributed by atoms with Crippen molar-refractivity contribution in [2.75, 3.05) is 13.1 Å². The van der Waals surface area contributed by atoms with Crippen molar-refractivity contribution in [3.05, 3.63) is 36.1 Å². The van der Waals surface area contributed by atoms with Gasteiger partial charge >= 0.3 is 0 Å².